The van der Waals surface area contributed by atoms with Crippen LogP contribution in [0, 0.1) is 0 Å². The summed E-state index contributed by atoms with van der Waals surface area (Å²) in [5, 5.41) is 2.86. The number of ether oxygens (including phenoxy) is 4. The number of anilines is 1. The highest BCUT2D eigenvalue weighted by molar-refractivity contribution is 5.95. The molecule has 1 N–H and O–H groups in total. The lowest BCUT2D eigenvalue weighted by atomic mass is 10.2. The first-order valence-corrected chi connectivity index (χ1v) is 9.30. The van der Waals surface area contributed by atoms with Crippen molar-refractivity contribution in [3.63, 3.8) is 0 Å². The van der Waals surface area contributed by atoms with Gasteiger partial charge in [-0.1, -0.05) is 26.0 Å². The van der Waals surface area contributed by atoms with Crippen molar-refractivity contribution in [2.24, 2.45) is 0 Å². The Balaban J connectivity index is 1.68. The van der Waals surface area contributed by atoms with Crippen molar-refractivity contribution >= 4 is 11.6 Å². The average molecular weight is 371 g/mol. The summed E-state index contributed by atoms with van der Waals surface area (Å²) >= 11 is 0. The van der Waals surface area contributed by atoms with Crippen molar-refractivity contribution in [1.82, 2.24) is 0 Å². The van der Waals surface area contributed by atoms with E-state index in [0.717, 1.165) is 12.8 Å². The molecule has 0 bridgehead atoms. The molecule has 0 saturated heterocycles. The first kappa shape index (κ1) is 18.9. The van der Waals surface area contributed by atoms with Gasteiger partial charge in [-0.05, 0) is 37.1 Å². The molecule has 0 spiro atoms. The van der Waals surface area contributed by atoms with Crippen LogP contribution in [0.25, 0.3) is 0 Å². The lowest BCUT2D eigenvalue weighted by molar-refractivity contribution is -0.125. The summed E-state index contributed by atoms with van der Waals surface area (Å²) in [6.45, 7) is 5.44. The Hall–Kier alpha value is -2.89. The van der Waals surface area contributed by atoms with Crippen molar-refractivity contribution in [2.75, 3.05) is 25.1 Å². The number of hydrogen-bond donors (Lipinski definition) is 1. The number of nitrogens with one attached hydrogen (secondary N) is 1. The lowest BCUT2D eigenvalue weighted by Crippen LogP contribution is -2.40. The van der Waals surface area contributed by atoms with Crippen molar-refractivity contribution in [3.05, 3.63) is 42.5 Å². The van der Waals surface area contributed by atoms with Gasteiger partial charge in [0.25, 0.3) is 5.91 Å². The van der Waals surface area contributed by atoms with Gasteiger partial charge in [0.05, 0.1) is 13.2 Å². The summed E-state index contributed by atoms with van der Waals surface area (Å²) in [7, 11) is 0. The Bertz CT molecular complexity index is 777. The van der Waals surface area contributed by atoms with Crippen LogP contribution in [0.15, 0.2) is 42.5 Å². The van der Waals surface area contributed by atoms with Crippen LogP contribution in [0.2, 0.25) is 0 Å². The molecule has 0 aromatic heterocycles. The van der Waals surface area contributed by atoms with Gasteiger partial charge in [-0.2, -0.15) is 0 Å². The largest absolute Gasteiger partial charge is 0.490 e. The fourth-order valence-corrected chi connectivity index (χ4v) is 2.61. The highest BCUT2D eigenvalue weighted by Gasteiger charge is 2.27. The molecule has 0 aliphatic carbocycles. The van der Waals surface area contributed by atoms with Crippen molar-refractivity contribution in [2.45, 2.75) is 32.8 Å². The SMILES string of the molecule is CCCOc1ccc(NC(=O)[C@@H]2COc3ccccc3O2)cc1OCCC. The first-order chi connectivity index (χ1) is 13.2. The zero-order chi connectivity index (χ0) is 19.1. The highest BCUT2D eigenvalue weighted by Crippen LogP contribution is 2.33. The number of hydrogen-bond acceptors (Lipinski definition) is 5. The Morgan fingerprint density at radius 2 is 1.74 bits per heavy atom. The Morgan fingerprint density at radius 1 is 1.04 bits per heavy atom. The van der Waals surface area contributed by atoms with Crippen LogP contribution in [-0.2, 0) is 4.79 Å². The van der Waals surface area contributed by atoms with Crippen molar-refractivity contribution in [3.8, 4) is 23.0 Å². The molecule has 1 aliphatic heterocycles. The van der Waals surface area contributed by atoms with Crippen LogP contribution < -0.4 is 24.3 Å². The fraction of sp³-hybridized carbons (Fsp3) is 0.381. The molecule has 6 heteroatoms. The second kappa shape index (κ2) is 9.16. The van der Waals surface area contributed by atoms with Crippen LogP contribution in [-0.4, -0.2) is 31.8 Å². The summed E-state index contributed by atoms with van der Waals surface area (Å²) in [5.41, 5.74) is 0.623. The van der Waals surface area contributed by atoms with E-state index in [9.17, 15) is 4.79 Å². The number of carbonyl (C=O) groups excluding carboxylic acids is 1. The summed E-state index contributed by atoms with van der Waals surface area (Å²) < 4.78 is 22.8. The molecule has 2 aromatic rings. The summed E-state index contributed by atoms with van der Waals surface area (Å²) in [6, 6.07) is 12.7. The van der Waals surface area contributed by atoms with Gasteiger partial charge in [0.2, 0.25) is 6.10 Å². The fourth-order valence-electron chi connectivity index (χ4n) is 2.61. The van der Waals surface area contributed by atoms with Crippen LogP contribution >= 0.6 is 0 Å². The topological polar surface area (TPSA) is 66.0 Å². The minimum absolute atomic E-state index is 0.166. The summed E-state index contributed by atoms with van der Waals surface area (Å²) in [4.78, 5) is 12.6. The molecule has 144 valence electrons. The third-order valence-electron chi connectivity index (χ3n) is 3.94. The molecule has 3 rings (SSSR count). The number of carbonyl (C=O) groups is 1. The van der Waals surface area contributed by atoms with E-state index in [1.165, 1.54) is 0 Å². The zero-order valence-corrected chi connectivity index (χ0v) is 15.7. The maximum Gasteiger partial charge on any atom is 0.269 e. The molecule has 1 aliphatic rings. The highest BCUT2D eigenvalue weighted by atomic mass is 16.6. The molecule has 2 aromatic carbocycles. The van der Waals surface area contributed by atoms with E-state index in [-0.39, 0.29) is 12.5 Å². The van der Waals surface area contributed by atoms with E-state index in [2.05, 4.69) is 5.32 Å². The molecule has 0 radical (unpaired) electrons. The van der Waals surface area contributed by atoms with E-state index in [1.54, 1.807) is 18.2 Å². The van der Waals surface area contributed by atoms with Gasteiger partial charge >= 0.3 is 0 Å². The standard InChI is InChI=1S/C21H25NO5/c1-3-11-24-17-10-9-15(13-19(17)25-12-4-2)22-21(23)20-14-26-16-7-5-6-8-18(16)27-20/h5-10,13,20H,3-4,11-12,14H2,1-2H3,(H,22,23)/t20-/m0/s1. The summed E-state index contributed by atoms with van der Waals surface area (Å²) in [6.07, 6.45) is 1.08. The predicted molar refractivity (Wildman–Crippen MR) is 103 cm³/mol. The van der Waals surface area contributed by atoms with Gasteiger partial charge in [-0.25, -0.2) is 0 Å². The van der Waals surface area contributed by atoms with Gasteiger partial charge in [-0.15, -0.1) is 0 Å². The molecule has 0 unspecified atom stereocenters. The summed E-state index contributed by atoms with van der Waals surface area (Å²) in [5.74, 6) is 2.24. The van der Waals surface area contributed by atoms with Gasteiger partial charge in [-0.3, -0.25) is 4.79 Å². The average Bonchev–Trinajstić information content (AvgIpc) is 2.71. The van der Waals surface area contributed by atoms with Gasteiger partial charge in [0.15, 0.2) is 23.0 Å². The van der Waals surface area contributed by atoms with E-state index in [4.69, 9.17) is 18.9 Å². The molecule has 1 amide bonds. The quantitative estimate of drug-likeness (QED) is 0.758. The predicted octanol–water partition coefficient (Wildman–Crippen LogP) is 4.04. The molecule has 1 atom stereocenters. The maximum absolute atomic E-state index is 12.6. The molecule has 0 fully saturated rings. The second-order valence-corrected chi connectivity index (χ2v) is 6.21. The molecular formula is C21H25NO5. The van der Waals surface area contributed by atoms with Crippen LogP contribution in [0.4, 0.5) is 5.69 Å². The van der Waals surface area contributed by atoms with E-state index >= 15 is 0 Å². The van der Waals surface area contributed by atoms with Crippen LogP contribution in [0.5, 0.6) is 23.0 Å². The van der Waals surface area contributed by atoms with Crippen molar-refractivity contribution in [1.29, 1.82) is 0 Å². The maximum atomic E-state index is 12.6. The molecule has 1 heterocycles. The molecule has 6 nitrogen and oxygen atoms in total. The van der Waals surface area contributed by atoms with E-state index in [1.807, 2.05) is 38.1 Å². The third-order valence-corrected chi connectivity index (χ3v) is 3.94. The first-order valence-electron chi connectivity index (χ1n) is 9.30. The number of para-hydroxylation sites is 2. The normalized spacial score (nSPS) is 15.1. The number of rotatable bonds is 8. The monoisotopic (exact) mass is 371 g/mol. The van der Waals surface area contributed by atoms with Crippen LogP contribution in [0.1, 0.15) is 26.7 Å². The third kappa shape index (κ3) is 4.84. The Labute approximate surface area is 159 Å². The minimum Gasteiger partial charge on any atom is -0.490 e. The second-order valence-electron chi connectivity index (χ2n) is 6.21. The van der Waals surface area contributed by atoms with Gasteiger partial charge in [0.1, 0.15) is 6.61 Å². The number of benzene rings is 2. The molecule has 27 heavy (non-hydrogen) atoms. The molecule has 0 saturated carbocycles. The molecular weight excluding hydrogens is 346 g/mol. The number of fused-ring (bicyclic) bond motifs is 1. The lowest BCUT2D eigenvalue weighted by Gasteiger charge is -2.25. The smallest absolute Gasteiger partial charge is 0.269 e. The van der Waals surface area contributed by atoms with E-state index in [0.29, 0.717) is 41.9 Å². The van der Waals surface area contributed by atoms with E-state index < -0.39 is 6.10 Å². The van der Waals surface area contributed by atoms with Crippen molar-refractivity contribution < 1.29 is 23.7 Å². The Morgan fingerprint density at radius 3 is 2.48 bits per heavy atom. The number of amides is 1. The van der Waals surface area contributed by atoms with Crippen LogP contribution in [0.3, 0.4) is 0 Å². The minimum atomic E-state index is -0.712. The van der Waals surface area contributed by atoms with Gasteiger partial charge < -0.3 is 24.3 Å². The van der Waals surface area contributed by atoms with Gasteiger partial charge in [0, 0.05) is 11.8 Å². The zero-order valence-electron chi connectivity index (χ0n) is 15.7. The Kier molecular flexibility index (Phi) is 6.41.